The van der Waals surface area contributed by atoms with Crippen LogP contribution in [0.15, 0.2) is 40.9 Å². The van der Waals surface area contributed by atoms with Crippen molar-refractivity contribution in [2.24, 2.45) is 0 Å². The van der Waals surface area contributed by atoms with E-state index in [1.54, 1.807) is 43.5 Å². The third-order valence-electron chi connectivity index (χ3n) is 2.33. The summed E-state index contributed by atoms with van der Waals surface area (Å²) in [5, 5.41) is 0.643. The van der Waals surface area contributed by atoms with Crippen molar-refractivity contribution in [1.82, 2.24) is 0 Å². The van der Waals surface area contributed by atoms with E-state index in [4.69, 9.17) is 26.8 Å². The number of rotatable bonds is 3. The van der Waals surface area contributed by atoms with Crippen molar-refractivity contribution in [2.45, 2.75) is 0 Å². The second-order valence-corrected chi connectivity index (χ2v) is 4.87. The second kappa shape index (κ2) is 5.50. The molecule has 5 heteroatoms. The average molecular weight is 329 g/mol. The second-order valence-electron chi connectivity index (χ2n) is 3.58. The average Bonchev–Trinajstić information content (AvgIpc) is 2.35. The predicted octanol–water partition coefficient (Wildman–Crippen LogP) is 4.49. The summed E-state index contributed by atoms with van der Waals surface area (Å²) in [4.78, 5) is 0. The molecule has 2 N–H and O–H groups in total. The fourth-order valence-corrected chi connectivity index (χ4v) is 2.20. The number of nitrogen functional groups attached to an aromatic ring is 1. The van der Waals surface area contributed by atoms with Crippen molar-refractivity contribution < 1.29 is 9.47 Å². The summed E-state index contributed by atoms with van der Waals surface area (Å²) in [6.07, 6.45) is 0. The molecular formula is C13H11BrClNO2. The summed E-state index contributed by atoms with van der Waals surface area (Å²) < 4.78 is 11.6. The van der Waals surface area contributed by atoms with Gasteiger partial charge in [-0.3, -0.25) is 0 Å². The van der Waals surface area contributed by atoms with E-state index in [1.165, 1.54) is 0 Å². The molecule has 0 heterocycles. The Morgan fingerprint density at radius 3 is 2.56 bits per heavy atom. The third kappa shape index (κ3) is 2.89. The van der Waals surface area contributed by atoms with Gasteiger partial charge < -0.3 is 15.2 Å². The zero-order valence-corrected chi connectivity index (χ0v) is 12.0. The summed E-state index contributed by atoms with van der Waals surface area (Å²) in [6.45, 7) is 0. The first-order valence-corrected chi connectivity index (χ1v) is 6.33. The molecule has 2 aromatic rings. The summed E-state index contributed by atoms with van der Waals surface area (Å²) >= 11 is 9.26. The maximum atomic E-state index is 5.87. The molecule has 0 saturated carbocycles. The van der Waals surface area contributed by atoms with Gasteiger partial charge in [-0.05, 0) is 46.3 Å². The molecule has 2 rings (SSSR count). The van der Waals surface area contributed by atoms with Crippen LogP contribution in [-0.2, 0) is 0 Å². The van der Waals surface area contributed by atoms with Crippen LogP contribution in [0.25, 0.3) is 0 Å². The van der Waals surface area contributed by atoms with Crippen LogP contribution >= 0.6 is 27.5 Å². The molecular weight excluding hydrogens is 318 g/mol. The number of hydrogen-bond donors (Lipinski definition) is 1. The van der Waals surface area contributed by atoms with Gasteiger partial charge in [0.1, 0.15) is 17.2 Å². The topological polar surface area (TPSA) is 44.5 Å². The van der Waals surface area contributed by atoms with Gasteiger partial charge in [-0.15, -0.1) is 0 Å². The molecule has 18 heavy (non-hydrogen) atoms. The van der Waals surface area contributed by atoms with E-state index in [-0.39, 0.29) is 0 Å². The number of halogens is 2. The molecule has 0 spiro atoms. The molecule has 0 fully saturated rings. The van der Waals surface area contributed by atoms with Gasteiger partial charge in [0.25, 0.3) is 0 Å². The Morgan fingerprint density at radius 2 is 1.89 bits per heavy atom. The summed E-state index contributed by atoms with van der Waals surface area (Å²) in [5.41, 5.74) is 6.31. The van der Waals surface area contributed by atoms with Gasteiger partial charge in [0.2, 0.25) is 0 Å². The molecule has 0 aliphatic carbocycles. The maximum absolute atomic E-state index is 5.87. The quantitative estimate of drug-likeness (QED) is 0.845. The molecule has 3 nitrogen and oxygen atoms in total. The van der Waals surface area contributed by atoms with Crippen molar-refractivity contribution >= 4 is 33.2 Å². The highest BCUT2D eigenvalue weighted by atomic mass is 79.9. The van der Waals surface area contributed by atoms with Gasteiger partial charge in [0.15, 0.2) is 0 Å². The standard InChI is InChI=1S/C13H11BrClNO2/c1-17-13-7-9(3-4-11(13)16)18-12-5-2-8(15)6-10(12)14/h2-7H,16H2,1H3. The SMILES string of the molecule is COc1cc(Oc2ccc(Cl)cc2Br)ccc1N. The number of methoxy groups -OCH3 is 1. The molecule has 2 aromatic carbocycles. The van der Waals surface area contributed by atoms with Gasteiger partial charge in [-0.25, -0.2) is 0 Å². The van der Waals surface area contributed by atoms with Crippen LogP contribution in [0.5, 0.6) is 17.2 Å². The Balaban J connectivity index is 2.28. The molecule has 0 saturated heterocycles. The first-order chi connectivity index (χ1) is 8.60. The molecule has 0 radical (unpaired) electrons. The lowest BCUT2D eigenvalue weighted by atomic mass is 10.3. The van der Waals surface area contributed by atoms with Gasteiger partial charge in [-0.2, -0.15) is 0 Å². The van der Waals surface area contributed by atoms with E-state index in [2.05, 4.69) is 15.9 Å². The normalized spacial score (nSPS) is 10.2. The summed E-state index contributed by atoms with van der Waals surface area (Å²) in [6, 6.07) is 10.6. The molecule has 0 atom stereocenters. The summed E-state index contributed by atoms with van der Waals surface area (Å²) in [5.74, 6) is 1.90. The van der Waals surface area contributed by atoms with E-state index in [1.807, 2.05) is 0 Å². The Kier molecular flexibility index (Phi) is 3.99. The molecule has 0 amide bonds. The molecule has 94 valence electrons. The largest absolute Gasteiger partial charge is 0.494 e. The van der Waals surface area contributed by atoms with Crippen LogP contribution in [0.2, 0.25) is 5.02 Å². The lowest BCUT2D eigenvalue weighted by Gasteiger charge is -2.10. The summed E-state index contributed by atoms with van der Waals surface area (Å²) in [7, 11) is 1.56. The Morgan fingerprint density at radius 1 is 1.11 bits per heavy atom. The van der Waals surface area contributed by atoms with Crippen LogP contribution < -0.4 is 15.2 Å². The van der Waals surface area contributed by atoms with Gasteiger partial charge in [-0.1, -0.05) is 11.6 Å². The van der Waals surface area contributed by atoms with Crippen molar-refractivity contribution in [2.75, 3.05) is 12.8 Å². The van der Waals surface area contributed by atoms with Crippen LogP contribution in [0, 0.1) is 0 Å². The van der Waals surface area contributed by atoms with Gasteiger partial charge in [0, 0.05) is 11.1 Å². The molecule has 0 unspecified atom stereocenters. The first kappa shape index (κ1) is 13.1. The predicted molar refractivity (Wildman–Crippen MR) is 76.6 cm³/mol. The Labute approximate surface area is 119 Å². The van der Waals surface area contributed by atoms with E-state index < -0.39 is 0 Å². The molecule has 0 aromatic heterocycles. The number of ether oxygens (including phenoxy) is 2. The minimum atomic E-state index is 0.569. The van der Waals surface area contributed by atoms with Crippen molar-refractivity contribution in [1.29, 1.82) is 0 Å². The highest BCUT2D eigenvalue weighted by molar-refractivity contribution is 9.10. The molecule has 0 bridgehead atoms. The number of benzene rings is 2. The van der Waals surface area contributed by atoms with Crippen LogP contribution in [0.3, 0.4) is 0 Å². The van der Waals surface area contributed by atoms with Crippen molar-refractivity contribution in [3.8, 4) is 17.2 Å². The minimum Gasteiger partial charge on any atom is -0.494 e. The zero-order valence-electron chi connectivity index (χ0n) is 9.61. The van der Waals surface area contributed by atoms with E-state index in [0.717, 1.165) is 4.47 Å². The van der Waals surface area contributed by atoms with Crippen LogP contribution in [0.4, 0.5) is 5.69 Å². The highest BCUT2D eigenvalue weighted by Crippen LogP contribution is 2.34. The van der Waals surface area contributed by atoms with Gasteiger partial charge in [0.05, 0.1) is 17.3 Å². The van der Waals surface area contributed by atoms with Crippen LogP contribution in [0.1, 0.15) is 0 Å². The zero-order chi connectivity index (χ0) is 13.1. The molecule has 0 aliphatic rings. The molecule has 0 aliphatic heterocycles. The van der Waals surface area contributed by atoms with Crippen molar-refractivity contribution in [3.63, 3.8) is 0 Å². The lowest BCUT2D eigenvalue weighted by molar-refractivity contribution is 0.411. The van der Waals surface area contributed by atoms with Gasteiger partial charge >= 0.3 is 0 Å². The smallest absolute Gasteiger partial charge is 0.145 e. The fourth-order valence-electron chi connectivity index (χ4n) is 1.44. The van der Waals surface area contributed by atoms with E-state index >= 15 is 0 Å². The highest BCUT2D eigenvalue weighted by Gasteiger charge is 2.06. The third-order valence-corrected chi connectivity index (χ3v) is 3.18. The first-order valence-electron chi connectivity index (χ1n) is 5.16. The Bertz CT molecular complexity index is 575. The van der Waals surface area contributed by atoms with E-state index in [9.17, 15) is 0 Å². The van der Waals surface area contributed by atoms with Crippen LogP contribution in [-0.4, -0.2) is 7.11 Å². The number of anilines is 1. The minimum absolute atomic E-state index is 0.569. The maximum Gasteiger partial charge on any atom is 0.145 e. The number of hydrogen-bond acceptors (Lipinski definition) is 3. The fraction of sp³-hybridized carbons (Fsp3) is 0.0769. The lowest BCUT2D eigenvalue weighted by Crippen LogP contribution is -1.93. The monoisotopic (exact) mass is 327 g/mol. The van der Waals surface area contributed by atoms with Crippen molar-refractivity contribution in [3.05, 3.63) is 45.9 Å². The number of nitrogens with two attached hydrogens (primary N) is 1. The van der Waals surface area contributed by atoms with E-state index in [0.29, 0.717) is 28.0 Å². The Hall–Kier alpha value is -1.39.